The number of hydrogen-bond donors (Lipinski definition) is 0. The highest BCUT2D eigenvalue weighted by Gasteiger charge is 2.52. The van der Waals surface area contributed by atoms with Gasteiger partial charge < -0.3 is 0 Å². The largest absolute Gasteiger partial charge is 0.0620 e. The van der Waals surface area contributed by atoms with Crippen molar-refractivity contribution in [3.05, 3.63) is 0 Å². The van der Waals surface area contributed by atoms with Gasteiger partial charge in [0.25, 0.3) is 0 Å². The first kappa shape index (κ1) is 11.5. The summed E-state index contributed by atoms with van der Waals surface area (Å²) in [6, 6.07) is 0. The third-order valence-corrected chi connectivity index (χ3v) is 6.39. The molecule has 0 aromatic heterocycles. The first-order valence-electron chi connectivity index (χ1n) is 6.87. The van der Waals surface area contributed by atoms with Crippen molar-refractivity contribution in [1.82, 2.24) is 0 Å². The smallest absolute Gasteiger partial charge is 0.0269 e. The standard InChI is InChI=1S/C15H28/c1-11-10-12-8-6-7-9-13(12)15(4,5)14(11,2)3/h11-13H,6-10H2,1-5H3. The van der Waals surface area contributed by atoms with Gasteiger partial charge in [-0.1, -0.05) is 53.9 Å². The van der Waals surface area contributed by atoms with Crippen LogP contribution in [0, 0.1) is 28.6 Å². The molecule has 0 heteroatoms. The topological polar surface area (TPSA) is 0 Å². The Labute approximate surface area is 95.8 Å². The fourth-order valence-electron chi connectivity index (χ4n) is 4.30. The zero-order valence-electron chi connectivity index (χ0n) is 11.3. The second-order valence-corrected chi connectivity index (χ2v) is 7.23. The molecule has 0 amide bonds. The monoisotopic (exact) mass is 208 g/mol. The molecule has 2 fully saturated rings. The normalized spacial score (nSPS) is 43.4. The van der Waals surface area contributed by atoms with E-state index in [0.717, 1.165) is 17.8 Å². The maximum absolute atomic E-state index is 2.53. The van der Waals surface area contributed by atoms with Crippen molar-refractivity contribution in [2.75, 3.05) is 0 Å². The molecule has 2 rings (SSSR count). The summed E-state index contributed by atoms with van der Waals surface area (Å²) in [6.45, 7) is 12.6. The third-order valence-electron chi connectivity index (χ3n) is 6.39. The maximum Gasteiger partial charge on any atom is -0.0269 e. The van der Waals surface area contributed by atoms with E-state index >= 15 is 0 Å². The van der Waals surface area contributed by atoms with Crippen molar-refractivity contribution in [3.8, 4) is 0 Å². The Bertz CT molecular complexity index is 236. The quantitative estimate of drug-likeness (QED) is 0.532. The van der Waals surface area contributed by atoms with Gasteiger partial charge in [-0.15, -0.1) is 0 Å². The lowest BCUT2D eigenvalue weighted by atomic mass is 9.46. The maximum atomic E-state index is 2.53. The van der Waals surface area contributed by atoms with Crippen LogP contribution in [0.2, 0.25) is 0 Å². The highest BCUT2D eigenvalue weighted by molar-refractivity contribution is 5.02. The molecule has 0 N–H and O–H groups in total. The lowest BCUT2D eigenvalue weighted by molar-refractivity contribution is -0.0996. The van der Waals surface area contributed by atoms with Gasteiger partial charge in [-0.2, -0.15) is 0 Å². The van der Waals surface area contributed by atoms with Crippen molar-refractivity contribution >= 4 is 0 Å². The average molecular weight is 208 g/mol. The Hall–Kier alpha value is 0. The Morgan fingerprint density at radius 2 is 1.47 bits per heavy atom. The van der Waals surface area contributed by atoms with Crippen molar-refractivity contribution in [3.63, 3.8) is 0 Å². The van der Waals surface area contributed by atoms with Crippen molar-refractivity contribution < 1.29 is 0 Å². The molecular weight excluding hydrogens is 180 g/mol. The fraction of sp³-hybridized carbons (Fsp3) is 1.00. The molecule has 3 unspecified atom stereocenters. The zero-order valence-corrected chi connectivity index (χ0v) is 11.3. The van der Waals surface area contributed by atoms with Crippen molar-refractivity contribution in [2.45, 2.75) is 66.7 Å². The van der Waals surface area contributed by atoms with Crippen LogP contribution in [0.1, 0.15) is 66.7 Å². The predicted molar refractivity (Wildman–Crippen MR) is 66.8 cm³/mol. The average Bonchev–Trinajstić information content (AvgIpc) is 2.16. The summed E-state index contributed by atoms with van der Waals surface area (Å²) in [5.41, 5.74) is 1.06. The van der Waals surface area contributed by atoms with Crippen LogP contribution in [0.3, 0.4) is 0 Å². The van der Waals surface area contributed by atoms with Gasteiger partial charge in [-0.25, -0.2) is 0 Å². The van der Waals surface area contributed by atoms with Crippen LogP contribution >= 0.6 is 0 Å². The molecule has 2 saturated carbocycles. The fourth-order valence-corrected chi connectivity index (χ4v) is 4.30. The Morgan fingerprint density at radius 1 is 0.867 bits per heavy atom. The summed E-state index contributed by atoms with van der Waals surface area (Å²) in [4.78, 5) is 0. The molecule has 88 valence electrons. The van der Waals surface area contributed by atoms with Gasteiger partial charge in [0, 0.05) is 0 Å². The summed E-state index contributed by atoms with van der Waals surface area (Å²) in [6.07, 6.45) is 7.46. The molecular formula is C15H28. The van der Waals surface area contributed by atoms with Crippen LogP contribution in [0.25, 0.3) is 0 Å². The van der Waals surface area contributed by atoms with E-state index < -0.39 is 0 Å². The minimum Gasteiger partial charge on any atom is -0.0620 e. The molecule has 3 atom stereocenters. The van der Waals surface area contributed by atoms with Crippen LogP contribution < -0.4 is 0 Å². The van der Waals surface area contributed by atoms with Gasteiger partial charge >= 0.3 is 0 Å². The lowest BCUT2D eigenvalue weighted by Crippen LogP contribution is -2.51. The van der Waals surface area contributed by atoms with E-state index in [4.69, 9.17) is 0 Å². The summed E-state index contributed by atoms with van der Waals surface area (Å²) in [7, 11) is 0. The van der Waals surface area contributed by atoms with Crippen molar-refractivity contribution in [2.24, 2.45) is 28.6 Å². The Balaban J connectivity index is 2.29. The molecule has 2 aliphatic rings. The van der Waals surface area contributed by atoms with E-state index in [-0.39, 0.29) is 0 Å². The number of rotatable bonds is 0. The van der Waals surface area contributed by atoms with Gasteiger partial charge in [0.15, 0.2) is 0 Å². The number of hydrogen-bond acceptors (Lipinski definition) is 0. The van der Waals surface area contributed by atoms with E-state index in [1.807, 2.05) is 0 Å². The molecule has 0 bridgehead atoms. The second kappa shape index (κ2) is 3.50. The van der Waals surface area contributed by atoms with Crippen LogP contribution in [0.4, 0.5) is 0 Å². The molecule has 0 radical (unpaired) electrons. The molecule has 0 heterocycles. The molecule has 0 aromatic rings. The molecule has 0 nitrogen and oxygen atoms in total. The van der Waals surface area contributed by atoms with E-state index in [1.165, 1.54) is 32.1 Å². The van der Waals surface area contributed by atoms with Gasteiger partial charge in [-0.3, -0.25) is 0 Å². The van der Waals surface area contributed by atoms with Gasteiger partial charge in [0.2, 0.25) is 0 Å². The number of fused-ring (bicyclic) bond motifs is 1. The molecule has 2 aliphatic carbocycles. The zero-order chi connectivity index (χ0) is 11.3. The van der Waals surface area contributed by atoms with Gasteiger partial charge in [-0.05, 0) is 41.4 Å². The summed E-state index contributed by atoms with van der Waals surface area (Å²) in [5, 5.41) is 0. The van der Waals surface area contributed by atoms with E-state index in [1.54, 1.807) is 0 Å². The minimum atomic E-state index is 0.519. The SMILES string of the molecule is CC1CC2CCCCC2C(C)(C)C1(C)C. The molecule has 15 heavy (non-hydrogen) atoms. The Kier molecular flexibility index (Phi) is 2.68. The highest BCUT2D eigenvalue weighted by atomic mass is 14.6. The van der Waals surface area contributed by atoms with E-state index in [0.29, 0.717) is 10.8 Å². The first-order valence-corrected chi connectivity index (χ1v) is 6.87. The summed E-state index contributed by atoms with van der Waals surface area (Å²) < 4.78 is 0. The van der Waals surface area contributed by atoms with Gasteiger partial charge in [0.05, 0.1) is 0 Å². The van der Waals surface area contributed by atoms with E-state index in [2.05, 4.69) is 34.6 Å². The summed E-state index contributed by atoms with van der Waals surface area (Å²) >= 11 is 0. The first-order chi connectivity index (χ1) is 6.87. The van der Waals surface area contributed by atoms with Gasteiger partial charge in [0.1, 0.15) is 0 Å². The van der Waals surface area contributed by atoms with Crippen LogP contribution in [0.5, 0.6) is 0 Å². The molecule has 0 aliphatic heterocycles. The molecule has 0 saturated heterocycles. The highest BCUT2D eigenvalue weighted by Crippen LogP contribution is 2.61. The van der Waals surface area contributed by atoms with Crippen LogP contribution in [-0.2, 0) is 0 Å². The lowest BCUT2D eigenvalue weighted by Gasteiger charge is -2.59. The second-order valence-electron chi connectivity index (χ2n) is 7.23. The Morgan fingerprint density at radius 3 is 2.13 bits per heavy atom. The van der Waals surface area contributed by atoms with Crippen molar-refractivity contribution in [1.29, 1.82) is 0 Å². The van der Waals surface area contributed by atoms with E-state index in [9.17, 15) is 0 Å². The minimum absolute atomic E-state index is 0.519. The molecule has 0 aromatic carbocycles. The molecule has 0 spiro atoms. The third kappa shape index (κ3) is 1.56. The van der Waals surface area contributed by atoms with Crippen LogP contribution in [0.15, 0.2) is 0 Å². The summed E-state index contributed by atoms with van der Waals surface area (Å²) in [5.74, 6) is 2.93. The van der Waals surface area contributed by atoms with Crippen LogP contribution in [-0.4, -0.2) is 0 Å². The predicted octanol–water partition coefficient (Wildman–Crippen LogP) is 4.89.